The van der Waals surface area contributed by atoms with Crippen molar-refractivity contribution < 1.29 is 4.79 Å². The van der Waals surface area contributed by atoms with Crippen molar-refractivity contribution >= 4 is 17.7 Å². The van der Waals surface area contributed by atoms with Gasteiger partial charge in [0.1, 0.15) is 0 Å². The van der Waals surface area contributed by atoms with Crippen LogP contribution in [-0.4, -0.2) is 59.9 Å². The predicted octanol–water partition coefficient (Wildman–Crippen LogP) is 2.75. The zero-order valence-electron chi connectivity index (χ0n) is 13.6. The molecule has 22 heavy (non-hydrogen) atoms. The Hall–Kier alpha value is -0.730. The smallest absolute Gasteiger partial charge is 0.226 e. The van der Waals surface area contributed by atoms with Gasteiger partial charge in [0.05, 0.1) is 17.7 Å². The highest BCUT2D eigenvalue weighted by molar-refractivity contribution is 7.99. The number of likely N-dealkylation sites (tertiary alicyclic amines) is 2. The number of carbonyl (C=O) groups excluding carboxylic acids is 1. The third-order valence-corrected chi connectivity index (χ3v) is 5.61. The summed E-state index contributed by atoms with van der Waals surface area (Å²) in [6.07, 6.45) is 8.25. The van der Waals surface area contributed by atoms with Gasteiger partial charge in [-0.05, 0) is 50.9 Å². The largest absolute Gasteiger partial charge is 0.342 e. The van der Waals surface area contributed by atoms with Crippen LogP contribution in [0.1, 0.15) is 44.9 Å². The Morgan fingerprint density at radius 1 is 1.14 bits per heavy atom. The first-order valence-corrected chi connectivity index (χ1v) is 9.92. The van der Waals surface area contributed by atoms with Crippen molar-refractivity contribution in [3.05, 3.63) is 0 Å². The van der Waals surface area contributed by atoms with Crippen LogP contribution < -0.4 is 0 Å². The van der Waals surface area contributed by atoms with Gasteiger partial charge in [-0.1, -0.05) is 12.8 Å². The van der Waals surface area contributed by atoms with Gasteiger partial charge in [-0.25, -0.2) is 0 Å². The van der Waals surface area contributed by atoms with E-state index in [-0.39, 0.29) is 5.92 Å². The van der Waals surface area contributed by atoms with Crippen molar-refractivity contribution in [2.75, 3.05) is 44.2 Å². The van der Waals surface area contributed by atoms with Crippen LogP contribution >= 0.6 is 11.8 Å². The first-order valence-electron chi connectivity index (χ1n) is 8.77. The molecule has 0 aromatic heterocycles. The summed E-state index contributed by atoms with van der Waals surface area (Å²) in [5.74, 6) is 2.27. The second kappa shape index (κ2) is 10.1. The van der Waals surface area contributed by atoms with E-state index in [9.17, 15) is 4.79 Å². The molecular formula is C17H29N3OS. The van der Waals surface area contributed by atoms with E-state index in [4.69, 9.17) is 5.26 Å². The molecule has 2 fully saturated rings. The average molecular weight is 324 g/mol. The van der Waals surface area contributed by atoms with E-state index >= 15 is 0 Å². The maximum absolute atomic E-state index is 12.7. The number of hydrogen-bond acceptors (Lipinski definition) is 4. The van der Waals surface area contributed by atoms with E-state index in [1.807, 2.05) is 0 Å². The van der Waals surface area contributed by atoms with E-state index in [1.54, 1.807) is 11.8 Å². The zero-order chi connectivity index (χ0) is 15.6. The van der Waals surface area contributed by atoms with Crippen molar-refractivity contribution in [3.63, 3.8) is 0 Å². The quantitative estimate of drug-likeness (QED) is 0.705. The van der Waals surface area contributed by atoms with Crippen LogP contribution in [0.5, 0.6) is 0 Å². The summed E-state index contributed by atoms with van der Waals surface area (Å²) in [7, 11) is 0. The lowest BCUT2D eigenvalue weighted by atomic mass is 9.96. The molecule has 0 aliphatic carbocycles. The van der Waals surface area contributed by atoms with Gasteiger partial charge in [-0.2, -0.15) is 5.26 Å². The third kappa shape index (κ3) is 5.81. The van der Waals surface area contributed by atoms with Crippen molar-refractivity contribution in [1.82, 2.24) is 9.80 Å². The molecule has 124 valence electrons. The predicted molar refractivity (Wildman–Crippen MR) is 91.8 cm³/mol. The Bertz CT molecular complexity index is 375. The summed E-state index contributed by atoms with van der Waals surface area (Å²) >= 11 is 1.71. The lowest BCUT2D eigenvalue weighted by molar-refractivity contribution is -0.137. The van der Waals surface area contributed by atoms with Gasteiger partial charge >= 0.3 is 0 Å². The monoisotopic (exact) mass is 323 g/mol. The van der Waals surface area contributed by atoms with Gasteiger partial charge in [0.25, 0.3) is 0 Å². The first kappa shape index (κ1) is 17.6. The van der Waals surface area contributed by atoms with Crippen molar-refractivity contribution in [3.8, 4) is 6.07 Å². The van der Waals surface area contributed by atoms with Crippen LogP contribution in [0, 0.1) is 17.2 Å². The van der Waals surface area contributed by atoms with Gasteiger partial charge in [0, 0.05) is 19.6 Å². The fraction of sp³-hybridized carbons (Fsp3) is 0.882. The van der Waals surface area contributed by atoms with E-state index in [0.29, 0.717) is 11.7 Å². The maximum Gasteiger partial charge on any atom is 0.226 e. The number of nitrogens with zero attached hydrogens (tertiary/aromatic N) is 3. The zero-order valence-corrected chi connectivity index (χ0v) is 14.5. The molecule has 4 nitrogen and oxygen atoms in total. The number of amides is 1. The summed E-state index contributed by atoms with van der Waals surface area (Å²) < 4.78 is 0. The Morgan fingerprint density at radius 3 is 2.64 bits per heavy atom. The minimum absolute atomic E-state index is 0.221. The van der Waals surface area contributed by atoms with Crippen LogP contribution in [0.25, 0.3) is 0 Å². The number of carbonyl (C=O) groups is 1. The molecule has 2 heterocycles. The highest BCUT2D eigenvalue weighted by Crippen LogP contribution is 2.21. The molecule has 2 aliphatic rings. The average Bonchev–Trinajstić information content (AvgIpc) is 2.83. The lowest BCUT2D eigenvalue weighted by Crippen LogP contribution is -2.45. The molecule has 0 N–H and O–H groups in total. The molecule has 0 aromatic carbocycles. The molecule has 5 heteroatoms. The van der Waals surface area contributed by atoms with Crippen molar-refractivity contribution in [2.45, 2.75) is 44.9 Å². The van der Waals surface area contributed by atoms with Crippen LogP contribution in [0.3, 0.4) is 0 Å². The minimum Gasteiger partial charge on any atom is -0.342 e. The van der Waals surface area contributed by atoms with Crippen molar-refractivity contribution in [1.29, 1.82) is 5.26 Å². The van der Waals surface area contributed by atoms with Crippen LogP contribution in [0.4, 0.5) is 0 Å². The van der Waals surface area contributed by atoms with Crippen LogP contribution in [0.15, 0.2) is 0 Å². The SMILES string of the molecule is N#CCSCCCN1CCC[C@@H](C(=O)N2CCCCCC2)C1. The van der Waals surface area contributed by atoms with E-state index in [2.05, 4.69) is 15.9 Å². The number of hydrogen-bond donors (Lipinski definition) is 0. The number of nitriles is 1. The van der Waals surface area contributed by atoms with Gasteiger partial charge in [0.2, 0.25) is 5.91 Å². The van der Waals surface area contributed by atoms with Gasteiger partial charge in [-0.3, -0.25) is 4.79 Å². The molecule has 1 atom stereocenters. The fourth-order valence-electron chi connectivity index (χ4n) is 3.52. The van der Waals surface area contributed by atoms with Gasteiger partial charge < -0.3 is 9.80 Å². The maximum atomic E-state index is 12.7. The van der Waals surface area contributed by atoms with Gasteiger partial charge in [0.15, 0.2) is 0 Å². The summed E-state index contributed by atoms with van der Waals surface area (Å²) in [5.41, 5.74) is 0. The second-order valence-corrected chi connectivity index (χ2v) is 7.55. The summed E-state index contributed by atoms with van der Waals surface area (Å²) in [6.45, 7) is 5.09. The van der Waals surface area contributed by atoms with Crippen molar-refractivity contribution in [2.24, 2.45) is 5.92 Å². The molecule has 0 aromatic rings. The molecule has 0 spiro atoms. The number of thioether (sulfide) groups is 1. The molecule has 0 bridgehead atoms. The summed E-state index contributed by atoms with van der Waals surface area (Å²) in [6, 6.07) is 2.17. The third-order valence-electron chi connectivity index (χ3n) is 4.70. The van der Waals surface area contributed by atoms with Crippen LogP contribution in [0.2, 0.25) is 0 Å². The molecule has 2 saturated heterocycles. The molecule has 0 saturated carbocycles. The van der Waals surface area contributed by atoms with E-state index < -0.39 is 0 Å². The van der Waals surface area contributed by atoms with Gasteiger partial charge in [-0.15, -0.1) is 11.8 Å². The molecule has 1 amide bonds. The van der Waals surface area contributed by atoms with E-state index in [1.165, 1.54) is 25.7 Å². The standard InChI is InChI=1S/C17H29N3OS/c18-8-14-22-13-6-10-19-9-5-7-16(15-19)17(21)20-11-3-1-2-4-12-20/h16H,1-7,9-15H2/t16-/m1/s1. The second-order valence-electron chi connectivity index (χ2n) is 6.44. The Morgan fingerprint density at radius 2 is 1.91 bits per heavy atom. The number of rotatable bonds is 6. The molecule has 0 unspecified atom stereocenters. The molecule has 0 radical (unpaired) electrons. The highest BCUT2D eigenvalue weighted by atomic mass is 32.2. The van der Waals surface area contributed by atoms with E-state index in [0.717, 1.165) is 57.7 Å². The normalized spacial score (nSPS) is 23.8. The first-order chi connectivity index (χ1) is 10.8. The summed E-state index contributed by atoms with van der Waals surface area (Å²) in [5, 5.41) is 8.53. The van der Waals surface area contributed by atoms with Crippen LogP contribution in [-0.2, 0) is 4.79 Å². The molecular weight excluding hydrogens is 294 g/mol. The Labute approximate surface area is 139 Å². The fourth-order valence-corrected chi connectivity index (χ4v) is 4.09. The highest BCUT2D eigenvalue weighted by Gasteiger charge is 2.29. The summed E-state index contributed by atoms with van der Waals surface area (Å²) in [4.78, 5) is 17.3. The minimum atomic E-state index is 0.221. The number of piperidine rings is 1. The lowest BCUT2D eigenvalue weighted by Gasteiger charge is -2.34. The molecule has 2 rings (SSSR count). The topological polar surface area (TPSA) is 47.3 Å². The Kier molecular flexibility index (Phi) is 8.11. The Balaban J connectivity index is 1.72. The molecule has 2 aliphatic heterocycles.